The maximum absolute atomic E-state index is 12.6. The van der Waals surface area contributed by atoms with E-state index in [1.165, 1.54) is 0 Å². The molecular formula is C23H24N4O2. The number of pyridine rings is 1. The molecule has 0 radical (unpaired) electrons. The average molecular weight is 388 g/mol. The van der Waals surface area contributed by atoms with E-state index in [0.29, 0.717) is 25.3 Å². The lowest BCUT2D eigenvalue weighted by molar-refractivity contribution is 0.0950. The molecule has 4 rings (SSSR count). The molecule has 6 nitrogen and oxygen atoms in total. The molecule has 1 aliphatic rings. The van der Waals surface area contributed by atoms with Gasteiger partial charge in [-0.1, -0.05) is 24.3 Å². The van der Waals surface area contributed by atoms with E-state index < -0.39 is 0 Å². The van der Waals surface area contributed by atoms with Crippen LogP contribution in [0.3, 0.4) is 0 Å². The third-order valence-electron chi connectivity index (χ3n) is 4.86. The van der Waals surface area contributed by atoms with Gasteiger partial charge in [-0.05, 0) is 48.9 Å². The number of aromatic nitrogens is 1. The zero-order chi connectivity index (χ0) is 20.1. The first kappa shape index (κ1) is 18.8. The van der Waals surface area contributed by atoms with Gasteiger partial charge in [0.15, 0.2) is 0 Å². The van der Waals surface area contributed by atoms with Crippen LogP contribution in [-0.2, 0) is 6.54 Å². The second-order valence-electron chi connectivity index (χ2n) is 7.45. The van der Waals surface area contributed by atoms with Gasteiger partial charge >= 0.3 is 0 Å². The largest absolute Gasteiger partial charge is 0.489 e. The second-order valence-corrected chi connectivity index (χ2v) is 7.45. The SMILES string of the molecule is CC1(CNc2ccccc2)COc2ccc(C(=O)NCc3cccnc3)cc2N1. The fourth-order valence-corrected chi connectivity index (χ4v) is 3.23. The van der Waals surface area contributed by atoms with Gasteiger partial charge in [-0.25, -0.2) is 0 Å². The van der Waals surface area contributed by atoms with Crippen LogP contribution >= 0.6 is 0 Å². The van der Waals surface area contributed by atoms with E-state index in [4.69, 9.17) is 4.74 Å². The van der Waals surface area contributed by atoms with E-state index in [1.54, 1.807) is 18.5 Å². The van der Waals surface area contributed by atoms with Crippen LogP contribution in [0.15, 0.2) is 73.1 Å². The van der Waals surface area contributed by atoms with Crippen LogP contribution in [-0.4, -0.2) is 29.6 Å². The molecule has 1 aromatic heterocycles. The summed E-state index contributed by atoms with van der Waals surface area (Å²) in [6.45, 7) is 3.76. The minimum Gasteiger partial charge on any atom is -0.489 e. The van der Waals surface area contributed by atoms with E-state index >= 15 is 0 Å². The minimum atomic E-state index is -0.298. The Kier molecular flexibility index (Phi) is 5.33. The number of carbonyl (C=O) groups excluding carboxylic acids is 1. The Morgan fingerprint density at radius 1 is 1.17 bits per heavy atom. The van der Waals surface area contributed by atoms with Crippen molar-refractivity contribution in [2.75, 3.05) is 23.8 Å². The third-order valence-corrected chi connectivity index (χ3v) is 4.86. The van der Waals surface area contributed by atoms with Crippen molar-refractivity contribution in [3.05, 3.63) is 84.2 Å². The van der Waals surface area contributed by atoms with Gasteiger partial charge in [0.1, 0.15) is 12.4 Å². The Bertz CT molecular complexity index is 979. The van der Waals surface area contributed by atoms with Crippen molar-refractivity contribution in [1.29, 1.82) is 0 Å². The van der Waals surface area contributed by atoms with Gasteiger partial charge in [0.25, 0.3) is 5.91 Å². The maximum Gasteiger partial charge on any atom is 0.251 e. The molecule has 148 valence electrons. The summed E-state index contributed by atoms with van der Waals surface area (Å²) in [7, 11) is 0. The third kappa shape index (κ3) is 4.66. The van der Waals surface area contributed by atoms with Crippen molar-refractivity contribution in [1.82, 2.24) is 10.3 Å². The van der Waals surface area contributed by atoms with E-state index in [1.807, 2.05) is 54.6 Å². The first-order valence-electron chi connectivity index (χ1n) is 9.62. The maximum atomic E-state index is 12.6. The molecule has 0 fully saturated rings. The quantitative estimate of drug-likeness (QED) is 0.601. The lowest BCUT2D eigenvalue weighted by Gasteiger charge is -2.37. The van der Waals surface area contributed by atoms with E-state index in [9.17, 15) is 4.79 Å². The highest BCUT2D eigenvalue weighted by atomic mass is 16.5. The first-order chi connectivity index (χ1) is 14.1. The van der Waals surface area contributed by atoms with Gasteiger partial charge < -0.3 is 20.7 Å². The molecule has 0 saturated carbocycles. The number of benzene rings is 2. The van der Waals surface area contributed by atoms with E-state index in [2.05, 4.69) is 27.9 Å². The number of para-hydroxylation sites is 1. The molecule has 0 aliphatic carbocycles. The summed E-state index contributed by atoms with van der Waals surface area (Å²) in [5.74, 6) is 0.624. The molecule has 0 bridgehead atoms. The van der Waals surface area contributed by atoms with Crippen molar-refractivity contribution in [2.24, 2.45) is 0 Å². The Labute approximate surface area is 170 Å². The normalized spacial score (nSPS) is 17.4. The molecule has 2 heterocycles. The molecular weight excluding hydrogens is 364 g/mol. The Hall–Kier alpha value is -3.54. The number of ether oxygens (including phenoxy) is 1. The number of nitrogens with zero attached hydrogens (tertiary/aromatic N) is 1. The molecule has 1 atom stereocenters. The number of nitrogens with one attached hydrogen (secondary N) is 3. The molecule has 3 aromatic rings. The predicted octanol–water partition coefficient (Wildman–Crippen LogP) is 3.69. The topological polar surface area (TPSA) is 75.3 Å². The number of amides is 1. The van der Waals surface area contributed by atoms with E-state index in [0.717, 1.165) is 22.7 Å². The molecule has 0 spiro atoms. The van der Waals surface area contributed by atoms with Gasteiger partial charge in [0.2, 0.25) is 0 Å². The Morgan fingerprint density at radius 2 is 2.03 bits per heavy atom. The number of anilines is 2. The van der Waals surface area contributed by atoms with Crippen molar-refractivity contribution < 1.29 is 9.53 Å². The van der Waals surface area contributed by atoms with Gasteiger partial charge in [0.05, 0.1) is 11.2 Å². The summed E-state index contributed by atoms with van der Waals surface area (Å²) in [5, 5.41) is 9.90. The van der Waals surface area contributed by atoms with Crippen LogP contribution in [0.5, 0.6) is 5.75 Å². The minimum absolute atomic E-state index is 0.131. The number of carbonyl (C=O) groups is 1. The number of hydrogen-bond acceptors (Lipinski definition) is 5. The number of rotatable bonds is 6. The fourth-order valence-electron chi connectivity index (χ4n) is 3.23. The summed E-state index contributed by atoms with van der Waals surface area (Å²) in [6.07, 6.45) is 3.46. The summed E-state index contributed by atoms with van der Waals surface area (Å²) in [4.78, 5) is 16.6. The molecule has 6 heteroatoms. The zero-order valence-electron chi connectivity index (χ0n) is 16.3. The predicted molar refractivity (Wildman–Crippen MR) is 114 cm³/mol. The second kappa shape index (κ2) is 8.22. The van der Waals surface area contributed by atoms with Gasteiger partial charge in [-0.2, -0.15) is 0 Å². The van der Waals surface area contributed by atoms with Crippen molar-refractivity contribution >= 4 is 17.3 Å². The van der Waals surface area contributed by atoms with Crippen LogP contribution < -0.4 is 20.7 Å². The van der Waals surface area contributed by atoms with Gasteiger partial charge in [-0.3, -0.25) is 9.78 Å². The highest BCUT2D eigenvalue weighted by Gasteiger charge is 2.31. The summed E-state index contributed by atoms with van der Waals surface area (Å²) in [6, 6.07) is 19.3. The lowest BCUT2D eigenvalue weighted by atomic mass is 10.00. The smallest absolute Gasteiger partial charge is 0.251 e. The zero-order valence-corrected chi connectivity index (χ0v) is 16.3. The Morgan fingerprint density at radius 3 is 2.83 bits per heavy atom. The van der Waals surface area contributed by atoms with Gasteiger partial charge in [-0.15, -0.1) is 0 Å². The molecule has 1 unspecified atom stereocenters. The summed E-state index contributed by atoms with van der Waals surface area (Å²) < 4.78 is 5.95. The monoisotopic (exact) mass is 388 g/mol. The van der Waals surface area contributed by atoms with Crippen LogP contribution in [0.4, 0.5) is 11.4 Å². The van der Waals surface area contributed by atoms with E-state index in [-0.39, 0.29) is 11.4 Å². The summed E-state index contributed by atoms with van der Waals surface area (Å²) in [5.41, 5.74) is 3.13. The van der Waals surface area contributed by atoms with Crippen LogP contribution in [0.25, 0.3) is 0 Å². The standard InChI is InChI=1S/C23H24N4O2/c1-23(15-26-19-7-3-2-4-8-19)16-29-21-10-9-18(12-20(21)27-23)22(28)25-14-17-6-5-11-24-13-17/h2-13,26-27H,14-16H2,1H3,(H,25,28). The fraction of sp³-hybridized carbons (Fsp3) is 0.217. The molecule has 29 heavy (non-hydrogen) atoms. The van der Waals surface area contributed by atoms with Crippen LogP contribution in [0, 0.1) is 0 Å². The molecule has 3 N–H and O–H groups in total. The van der Waals surface area contributed by atoms with Crippen LogP contribution in [0.1, 0.15) is 22.8 Å². The molecule has 1 amide bonds. The van der Waals surface area contributed by atoms with Crippen LogP contribution in [0.2, 0.25) is 0 Å². The van der Waals surface area contributed by atoms with Crippen molar-refractivity contribution in [2.45, 2.75) is 19.0 Å². The highest BCUT2D eigenvalue weighted by molar-refractivity contribution is 5.95. The average Bonchev–Trinajstić information content (AvgIpc) is 2.77. The number of fused-ring (bicyclic) bond motifs is 1. The molecule has 0 saturated heterocycles. The van der Waals surface area contributed by atoms with Crippen molar-refractivity contribution in [3.8, 4) is 5.75 Å². The summed E-state index contributed by atoms with van der Waals surface area (Å²) >= 11 is 0. The lowest BCUT2D eigenvalue weighted by Crippen LogP contribution is -2.49. The first-order valence-corrected chi connectivity index (χ1v) is 9.62. The molecule has 2 aromatic carbocycles. The Balaban J connectivity index is 1.41. The molecule has 1 aliphatic heterocycles. The van der Waals surface area contributed by atoms with Crippen molar-refractivity contribution in [3.63, 3.8) is 0 Å². The highest BCUT2D eigenvalue weighted by Crippen LogP contribution is 2.33. The van der Waals surface area contributed by atoms with Gasteiger partial charge in [0, 0.05) is 36.7 Å². The number of hydrogen-bond donors (Lipinski definition) is 3.